The lowest BCUT2D eigenvalue weighted by Crippen LogP contribution is -2.42. The molecular weight excluding hydrogens is 262 g/mol. The fourth-order valence-corrected chi connectivity index (χ4v) is 2.99. The van der Waals surface area contributed by atoms with Gasteiger partial charge in [0.05, 0.1) is 17.6 Å². The van der Waals surface area contributed by atoms with Crippen molar-refractivity contribution in [3.63, 3.8) is 0 Å². The average Bonchev–Trinajstić information content (AvgIpc) is 2.39. The molecule has 0 aromatic heterocycles. The number of hydrogen-bond donors (Lipinski definition) is 0. The van der Waals surface area contributed by atoms with Gasteiger partial charge in [0.25, 0.3) is 0 Å². The Kier molecular flexibility index (Phi) is 4.47. The summed E-state index contributed by atoms with van der Waals surface area (Å²) in [5.41, 5.74) is 1.07. The zero-order valence-electron chi connectivity index (χ0n) is 11.5. The van der Waals surface area contributed by atoms with E-state index in [-0.39, 0.29) is 6.10 Å². The van der Waals surface area contributed by atoms with Crippen LogP contribution in [-0.4, -0.2) is 40.5 Å². The minimum Gasteiger partial charge on any atom is -0.375 e. The molecule has 0 spiro atoms. The molecule has 0 amide bonds. The first-order valence-corrected chi connectivity index (χ1v) is 8.56. The highest BCUT2D eigenvalue weighted by Gasteiger charge is 2.20. The largest absolute Gasteiger partial charge is 0.375 e. The molecule has 1 aromatic rings. The van der Waals surface area contributed by atoms with Crippen LogP contribution in [0.4, 0.5) is 5.69 Å². The summed E-state index contributed by atoms with van der Waals surface area (Å²) in [6.45, 7) is 4.63. The van der Waals surface area contributed by atoms with Crippen LogP contribution in [0.2, 0.25) is 0 Å². The van der Waals surface area contributed by atoms with E-state index in [1.807, 2.05) is 12.1 Å². The van der Waals surface area contributed by atoms with E-state index in [9.17, 15) is 8.42 Å². The van der Waals surface area contributed by atoms with E-state index in [0.717, 1.165) is 38.2 Å². The predicted molar refractivity (Wildman–Crippen MR) is 76.4 cm³/mol. The van der Waals surface area contributed by atoms with Gasteiger partial charge in [-0.25, -0.2) is 8.42 Å². The first kappa shape index (κ1) is 14.3. The molecule has 1 atom stereocenters. The summed E-state index contributed by atoms with van der Waals surface area (Å²) in [5, 5.41) is 0. The summed E-state index contributed by atoms with van der Waals surface area (Å²) in [6, 6.07) is 7.11. The lowest BCUT2D eigenvalue weighted by molar-refractivity contribution is 0.0348. The zero-order chi connectivity index (χ0) is 13.9. The molecule has 0 aliphatic carbocycles. The van der Waals surface area contributed by atoms with Gasteiger partial charge in [-0.15, -0.1) is 0 Å². The van der Waals surface area contributed by atoms with Gasteiger partial charge >= 0.3 is 0 Å². The van der Waals surface area contributed by atoms with Crippen LogP contribution in [0, 0.1) is 0 Å². The third-order valence-corrected chi connectivity index (χ3v) is 4.51. The smallest absolute Gasteiger partial charge is 0.175 e. The van der Waals surface area contributed by atoms with Gasteiger partial charge in [-0.3, -0.25) is 0 Å². The molecule has 1 aliphatic rings. The van der Waals surface area contributed by atoms with Gasteiger partial charge in [0.2, 0.25) is 0 Å². The van der Waals surface area contributed by atoms with Crippen LogP contribution in [0.3, 0.4) is 0 Å². The molecule has 106 valence electrons. The van der Waals surface area contributed by atoms with Crippen molar-refractivity contribution in [2.24, 2.45) is 0 Å². The topological polar surface area (TPSA) is 46.6 Å². The second kappa shape index (κ2) is 5.92. The lowest BCUT2D eigenvalue weighted by Gasteiger charge is -2.34. The highest BCUT2D eigenvalue weighted by molar-refractivity contribution is 7.90. The number of hydrogen-bond acceptors (Lipinski definition) is 4. The first-order valence-electron chi connectivity index (χ1n) is 6.67. The Morgan fingerprint density at radius 2 is 2.00 bits per heavy atom. The molecule has 0 N–H and O–H groups in total. The van der Waals surface area contributed by atoms with Crippen molar-refractivity contribution in [2.75, 3.05) is 30.9 Å². The van der Waals surface area contributed by atoms with E-state index in [0.29, 0.717) is 4.90 Å². The Balaban J connectivity index is 2.09. The van der Waals surface area contributed by atoms with Gasteiger partial charge in [-0.05, 0) is 30.7 Å². The summed E-state index contributed by atoms with van der Waals surface area (Å²) >= 11 is 0. The molecular formula is C14H21NO3S. The van der Waals surface area contributed by atoms with E-state index >= 15 is 0 Å². The summed E-state index contributed by atoms with van der Waals surface area (Å²) in [7, 11) is -3.11. The Hall–Kier alpha value is -1.07. The molecule has 1 heterocycles. The van der Waals surface area contributed by atoms with Crippen LogP contribution in [0.25, 0.3) is 0 Å². The highest BCUT2D eigenvalue weighted by atomic mass is 32.2. The maximum absolute atomic E-state index is 11.4. The van der Waals surface area contributed by atoms with E-state index in [1.165, 1.54) is 6.26 Å². The number of sulfone groups is 1. The predicted octanol–water partition coefficient (Wildman–Crippen LogP) is 2.10. The Morgan fingerprint density at radius 3 is 2.58 bits per heavy atom. The zero-order valence-corrected chi connectivity index (χ0v) is 12.3. The van der Waals surface area contributed by atoms with Crippen molar-refractivity contribution in [1.82, 2.24) is 0 Å². The van der Waals surface area contributed by atoms with Gasteiger partial charge in [0.15, 0.2) is 9.84 Å². The molecule has 1 fully saturated rings. The van der Waals surface area contributed by atoms with Crippen molar-refractivity contribution >= 4 is 15.5 Å². The number of ether oxygens (including phenoxy) is 1. The molecule has 5 heteroatoms. The minimum absolute atomic E-state index is 0.285. The van der Waals surface area contributed by atoms with Gasteiger partial charge in [0, 0.05) is 25.0 Å². The van der Waals surface area contributed by atoms with E-state index in [4.69, 9.17) is 4.74 Å². The van der Waals surface area contributed by atoms with E-state index in [2.05, 4.69) is 11.8 Å². The molecule has 19 heavy (non-hydrogen) atoms. The SMILES string of the molecule is CCCC1CN(c2ccc(S(C)(=O)=O)cc2)CCO1. The molecule has 1 unspecified atom stereocenters. The second-order valence-corrected chi connectivity index (χ2v) is 7.01. The molecule has 0 saturated carbocycles. The molecule has 1 aliphatic heterocycles. The Bertz CT molecular complexity index is 508. The Morgan fingerprint density at radius 1 is 1.32 bits per heavy atom. The number of anilines is 1. The molecule has 1 saturated heterocycles. The standard InChI is InChI=1S/C14H21NO3S/c1-3-4-13-11-15(9-10-18-13)12-5-7-14(8-6-12)19(2,16)17/h5-8,13H,3-4,9-11H2,1-2H3. The first-order chi connectivity index (χ1) is 9.00. The fraction of sp³-hybridized carbons (Fsp3) is 0.571. The summed E-state index contributed by atoms with van der Waals surface area (Å²) in [6.07, 6.45) is 3.70. The van der Waals surface area contributed by atoms with Crippen LogP contribution in [-0.2, 0) is 14.6 Å². The van der Waals surface area contributed by atoms with Crippen molar-refractivity contribution in [1.29, 1.82) is 0 Å². The highest BCUT2D eigenvalue weighted by Crippen LogP contribution is 2.21. The van der Waals surface area contributed by atoms with Crippen LogP contribution < -0.4 is 4.90 Å². The van der Waals surface area contributed by atoms with Crippen molar-refractivity contribution in [3.05, 3.63) is 24.3 Å². The van der Waals surface area contributed by atoms with Crippen molar-refractivity contribution in [3.8, 4) is 0 Å². The number of benzene rings is 1. The maximum atomic E-state index is 11.4. The maximum Gasteiger partial charge on any atom is 0.175 e. The second-order valence-electron chi connectivity index (χ2n) is 4.99. The van der Waals surface area contributed by atoms with Crippen LogP contribution in [0.1, 0.15) is 19.8 Å². The van der Waals surface area contributed by atoms with Crippen molar-refractivity contribution < 1.29 is 13.2 Å². The molecule has 4 nitrogen and oxygen atoms in total. The van der Waals surface area contributed by atoms with Crippen LogP contribution in [0.5, 0.6) is 0 Å². The fourth-order valence-electron chi connectivity index (χ4n) is 2.35. The molecule has 2 rings (SSSR count). The Labute approximate surface area is 115 Å². The number of rotatable bonds is 4. The summed E-state index contributed by atoms with van der Waals surface area (Å²) in [4.78, 5) is 2.63. The third kappa shape index (κ3) is 3.70. The summed E-state index contributed by atoms with van der Waals surface area (Å²) in [5.74, 6) is 0. The molecule has 0 bridgehead atoms. The van der Waals surface area contributed by atoms with Crippen LogP contribution in [0.15, 0.2) is 29.2 Å². The van der Waals surface area contributed by atoms with Gasteiger partial charge in [-0.1, -0.05) is 13.3 Å². The van der Waals surface area contributed by atoms with Crippen LogP contribution >= 0.6 is 0 Å². The third-order valence-electron chi connectivity index (χ3n) is 3.38. The van der Waals surface area contributed by atoms with Crippen molar-refractivity contribution in [2.45, 2.75) is 30.8 Å². The van der Waals surface area contributed by atoms with Gasteiger partial charge in [0.1, 0.15) is 0 Å². The average molecular weight is 283 g/mol. The minimum atomic E-state index is -3.11. The van der Waals surface area contributed by atoms with Gasteiger partial charge < -0.3 is 9.64 Å². The lowest BCUT2D eigenvalue weighted by atomic mass is 10.1. The van der Waals surface area contributed by atoms with E-state index < -0.39 is 9.84 Å². The quantitative estimate of drug-likeness (QED) is 0.849. The molecule has 1 aromatic carbocycles. The van der Waals surface area contributed by atoms with Gasteiger partial charge in [-0.2, -0.15) is 0 Å². The normalized spacial score (nSPS) is 20.5. The number of morpholine rings is 1. The van der Waals surface area contributed by atoms with E-state index in [1.54, 1.807) is 12.1 Å². The monoisotopic (exact) mass is 283 g/mol. The number of nitrogens with zero attached hydrogens (tertiary/aromatic N) is 1. The summed E-state index contributed by atoms with van der Waals surface area (Å²) < 4.78 is 28.6. The molecule has 0 radical (unpaired) electrons.